The summed E-state index contributed by atoms with van der Waals surface area (Å²) >= 11 is 0. The van der Waals surface area contributed by atoms with Gasteiger partial charge in [-0.15, -0.1) is 0 Å². The summed E-state index contributed by atoms with van der Waals surface area (Å²) in [6.45, 7) is -2.33. The topological polar surface area (TPSA) is 95.5 Å². The Kier molecular flexibility index (Phi) is 5.44. The molecule has 0 saturated carbocycles. The molecule has 0 heterocycles. The highest BCUT2D eigenvalue weighted by atomic mass is 19.4. The summed E-state index contributed by atoms with van der Waals surface area (Å²) in [7, 11) is 0. The number of aromatic carboxylic acids is 1. The van der Waals surface area contributed by atoms with Gasteiger partial charge in [0.1, 0.15) is 12.4 Å². The highest BCUT2D eigenvalue weighted by molar-refractivity contribution is 5.97. The van der Waals surface area contributed by atoms with Crippen LogP contribution in [0.3, 0.4) is 0 Å². The zero-order valence-corrected chi connectivity index (χ0v) is 10.8. The maximum absolute atomic E-state index is 13.5. The first-order valence-corrected chi connectivity index (χ1v) is 5.74. The average molecular weight is 322 g/mol. The van der Waals surface area contributed by atoms with Crippen LogP contribution in [0.4, 0.5) is 17.6 Å². The van der Waals surface area contributed by atoms with Gasteiger partial charge in [-0.1, -0.05) is 0 Å². The number of hydrogen-bond donors (Lipinski definition) is 3. The van der Waals surface area contributed by atoms with E-state index in [1.165, 1.54) is 5.32 Å². The van der Waals surface area contributed by atoms with E-state index in [1.54, 1.807) is 0 Å². The molecule has 0 aliphatic rings. The van der Waals surface area contributed by atoms with E-state index < -0.39 is 48.4 Å². The third-order valence-electron chi connectivity index (χ3n) is 2.36. The van der Waals surface area contributed by atoms with Gasteiger partial charge in [0.05, 0.1) is 17.7 Å². The van der Waals surface area contributed by atoms with Crippen molar-refractivity contribution >= 4 is 17.8 Å². The van der Waals surface area contributed by atoms with Gasteiger partial charge in [0.2, 0.25) is 5.91 Å². The summed E-state index contributed by atoms with van der Waals surface area (Å²) in [6, 6.07) is 2.48. The van der Waals surface area contributed by atoms with Crippen LogP contribution >= 0.6 is 0 Å². The highest BCUT2D eigenvalue weighted by Gasteiger charge is 2.27. The fraction of sp³-hybridized carbons (Fsp3) is 0.250. The van der Waals surface area contributed by atoms with E-state index in [0.29, 0.717) is 6.07 Å². The minimum Gasteiger partial charge on any atom is -0.478 e. The number of amides is 2. The van der Waals surface area contributed by atoms with Crippen LogP contribution in [0.25, 0.3) is 0 Å². The van der Waals surface area contributed by atoms with Gasteiger partial charge in [0.25, 0.3) is 5.91 Å². The van der Waals surface area contributed by atoms with E-state index in [1.807, 2.05) is 5.32 Å². The third-order valence-corrected chi connectivity index (χ3v) is 2.36. The van der Waals surface area contributed by atoms with Crippen LogP contribution in [0.5, 0.6) is 0 Å². The first-order valence-electron chi connectivity index (χ1n) is 5.74. The lowest BCUT2D eigenvalue weighted by atomic mass is 10.1. The number of benzene rings is 1. The number of carbonyl (C=O) groups excluding carboxylic acids is 2. The number of hydrogen-bond acceptors (Lipinski definition) is 3. The van der Waals surface area contributed by atoms with Crippen LogP contribution in [-0.2, 0) is 4.79 Å². The Balaban J connectivity index is 2.59. The normalized spacial score (nSPS) is 10.9. The van der Waals surface area contributed by atoms with Crippen molar-refractivity contribution in [2.24, 2.45) is 0 Å². The summed E-state index contributed by atoms with van der Waals surface area (Å²) in [4.78, 5) is 33.2. The molecule has 0 unspecified atom stereocenters. The summed E-state index contributed by atoms with van der Waals surface area (Å²) < 4.78 is 49.0. The van der Waals surface area contributed by atoms with Crippen molar-refractivity contribution in [1.82, 2.24) is 10.6 Å². The molecule has 0 atom stereocenters. The van der Waals surface area contributed by atoms with E-state index in [9.17, 15) is 31.9 Å². The van der Waals surface area contributed by atoms with E-state index in [0.717, 1.165) is 12.1 Å². The van der Waals surface area contributed by atoms with Crippen molar-refractivity contribution in [3.8, 4) is 0 Å². The molecule has 1 aromatic rings. The summed E-state index contributed by atoms with van der Waals surface area (Å²) in [5, 5.41) is 12.1. The molecule has 0 fully saturated rings. The van der Waals surface area contributed by atoms with Gasteiger partial charge >= 0.3 is 12.1 Å². The smallest absolute Gasteiger partial charge is 0.405 e. The lowest BCUT2D eigenvalue weighted by Crippen LogP contribution is -2.41. The molecular formula is C12H10F4N2O4. The molecule has 0 saturated heterocycles. The molecule has 3 N–H and O–H groups in total. The number of halogens is 4. The van der Waals surface area contributed by atoms with Crippen LogP contribution in [0, 0.1) is 5.82 Å². The van der Waals surface area contributed by atoms with Crippen molar-refractivity contribution in [2.75, 3.05) is 13.1 Å². The number of nitrogens with one attached hydrogen (secondary N) is 2. The number of carboxylic acid groups (broad SMARTS) is 1. The predicted octanol–water partition coefficient (Wildman–Crippen LogP) is 0.932. The Bertz CT molecular complexity index is 601. The zero-order chi connectivity index (χ0) is 16.9. The van der Waals surface area contributed by atoms with E-state index in [4.69, 9.17) is 5.11 Å². The lowest BCUT2D eigenvalue weighted by Gasteiger charge is -2.09. The Morgan fingerprint density at radius 1 is 1.14 bits per heavy atom. The molecule has 0 radical (unpaired) electrons. The van der Waals surface area contributed by atoms with Crippen molar-refractivity contribution in [1.29, 1.82) is 0 Å². The molecule has 6 nitrogen and oxygen atoms in total. The largest absolute Gasteiger partial charge is 0.478 e. The maximum Gasteiger partial charge on any atom is 0.405 e. The van der Waals surface area contributed by atoms with E-state index in [2.05, 4.69) is 0 Å². The van der Waals surface area contributed by atoms with Gasteiger partial charge < -0.3 is 15.7 Å². The van der Waals surface area contributed by atoms with Gasteiger partial charge in [0.15, 0.2) is 0 Å². The minimum atomic E-state index is -4.58. The minimum absolute atomic E-state index is 0.378. The molecule has 120 valence electrons. The van der Waals surface area contributed by atoms with Crippen molar-refractivity contribution in [2.45, 2.75) is 6.18 Å². The fourth-order valence-electron chi connectivity index (χ4n) is 1.35. The second-order valence-electron chi connectivity index (χ2n) is 4.07. The van der Waals surface area contributed by atoms with Crippen molar-refractivity contribution < 1.29 is 37.1 Å². The van der Waals surface area contributed by atoms with Crippen LogP contribution in [0.15, 0.2) is 18.2 Å². The second-order valence-corrected chi connectivity index (χ2v) is 4.07. The standard InChI is InChI=1S/C12H10F4N2O4/c13-8-3-6(11(21)22)1-2-7(8)10(20)17-4-9(19)18-5-12(14,15)16/h1-3H,4-5H2,(H,17,20)(H,18,19)(H,21,22). The van der Waals surface area contributed by atoms with Crippen molar-refractivity contribution in [3.05, 3.63) is 35.1 Å². The summed E-state index contributed by atoms with van der Waals surface area (Å²) in [5.41, 5.74) is -0.911. The van der Waals surface area contributed by atoms with Gasteiger partial charge in [-0.25, -0.2) is 9.18 Å². The van der Waals surface area contributed by atoms with E-state index >= 15 is 0 Å². The van der Waals surface area contributed by atoms with Crippen LogP contribution < -0.4 is 10.6 Å². The molecule has 0 aliphatic carbocycles. The molecule has 0 aliphatic heterocycles. The Morgan fingerprint density at radius 3 is 2.27 bits per heavy atom. The van der Waals surface area contributed by atoms with Gasteiger partial charge in [-0.2, -0.15) is 13.2 Å². The lowest BCUT2D eigenvalue weighted by molar-refractivity contribution is -0.137. The van der Waals surface area contributed by atoms with E-state index in [-0.39, 0.29) is 5.56 Å². The van der Waals surface area contributed by atoms with Crippen molar-refractivity contribution in [3.63, 3.8) is 0 Å². The molecule has 10 heteroatoms. The first-order chi connectivity index (χ1) is 10.1. The zero-order valence-electron chi connectivity index (χ0n) is 10.8. The average Bonchev–Trinajstić information content (AvgIpc) is 2.41. The monoisotopic (exact) mass is 322 g/mol. The third kappa shape index (κ3) is 5.38. The number of carboxylic acids is 1. The summed E-state index contributed by atoms with van der Waals surface area (Å²) in [6.07, 6.45) is -4.58. The molecule has 22 heavy (non-hydrogen) atoms. The molecule has 1 aromatic carbocycles. The molecule has 1 rings (SSSR count). The molecule has 2 amide bonds. The van der Waals surface area contributed by atoms with Gasteiger partial charge in [-0.05, 0) is 18.2 Å². The van der Waals surface area contributed by atoms with Gasteiger partial charge in [-0.3, -0.25) is 9.59 Å². The second kappa shape index (κ2) is 6.87. The molecule has 0 spiro atoms. The number of alkyl halides is 3. The molecule has 0 aromatic heterocycles. The first kappa shape index (κ1) is 17.4. The number of rotatable bonds is 5. The Morgan fingerprint density at radius 2 is 1.77 bits per heavy atom. The highest BCUT2D eigenvalue weighted by Crippen LogP contribution is 2.12. The van der Waals surface area contributed by atoms with Crippen LogP contribution in [0.2, 0.25) is 0 Å². The Hall–Kier alpha value is -2.65. The Labute approximate surface area is 121 Å². The SMILES string of the molecule is O=C(CNC(=O)c1ccc(C(=O)O)cc1F)NCC(F)(F)F. The fourth-order valence-corrected chi connectivity index (χ4v) is 1.35. The van der Waals surface area contributed by atoms with Crippen LogP contribution in [0.1, 0.15) is 20.7 Å². The predicted molar refractivity (Wildman–Crippen MR) is 64.8 cm³/mol. The molecular weight excluding hydrogens is 312 g/mol. The molecule has 0 bridgehead atoms. The van der Waals surface area contributed by atoms with Crippen LogP contribution in [-0.4, -0.2) is 42.2 Å². The summed E-state index contributed by atoms with van der Waals surface area (Å²) in [5.74, 6) is -4.68. The quantitative estimate of drug-likeness (QED) is 0.703. The maximum atomic E-state index is 13.5. The van der Waals surface area contributed by atoms with Gasteiger partial charge in [0, 0.05) is 0 Å². The number of carbonyl (C=O) groups is 3.